The van der Waals surface area contributed by atoms with E-state index in [1.54, 1.807) is 7.11 Å². The van der Waals surface area contributed by atoms with Crippen LogP contribution in [0.2, 0.25) is 0 Å². The number of amides is 1. The molecule has 0 aromatic heterocycles. The fourth-order valence-corrected chi connectivity index (χ4v) is 3.12. The van der Waals surface area contributed by atoms with Gasteiger partial charge in [-0.15, -0.1) is 0 Å². The van der Waals surface area contributed by atoms with E-state index in [2.05, 4.69) is 6.07 Å². The Bertz CT molecular complexity index is 639. The molecule has 114 valence electrons. The summed E-state index contributed by atoms with van der Waals surface area (Å²) in [5.41, 5.74) is 1.92. The molecule has 1 aliphatic rings. The van der Waals surface area contributed by atoms with Crippen molar-refractivity contribution in [1.82, 2.24) is 4.90 Å². The fourth-order valence-electron chi connectivity index (χ4n) is 3.12. The molecule has 1 heterocycles. The number of hydrogen-bond donors (Lipinski definition) is 0. The van der Waals surface area contributed by atoms with Crippen LogP contribution in [0.4, 0.5) is 0 Å². The standard InChI is InChI=1S/C19H21NO2/c1-22-17-11-7-10-16(14-17)18-12-5-6-13-20(18)19(21)15-8-3-2-4-9-15/h2-4,7-11,14,18H,5-6,12-13H2,1H3/t18-/m0/s1. The van der Waals surface area contributed by atoms with Crippen molar-refractivity contribution in [3.05, 3.63) is 65.7 Å². The van der Waals surface area contributed by atoms with E-state index in [4.69, 9.17) is 4.74 Å². The van der Waals surface area contributed by atoms with Gasteiger partial charge >= 0.3 is 0 Å². The number of rotatable bonds is 3. The fraction of sp³-hybridized carbons (Fsp3) is 0.316. The quantitative estimate of drug-likeness (QED) is 0.854. The van der Waals surface area contributed by atoms with Gasteiger partial charge in [-0.05, 0) is 49.1 Å². The van der Waals surface area contributed by atoms with Gasteiger partial charge in [0.2, 0.25) is 0 Å². The van der Waals surface area contributed by atoms with Crippen LogP contribution in [0.25, 0.3) is 0 Å². The Morgan fingerprint density at radius 3 is 2.68 bits per heavy atom. The van der Waals surface area contributed by atoms with E-state index >= 15 is 0 Å². The Kier molecular flexibility index (Phi) is 4.42. The summed E-state index contributed by atoms with van der Waals surface area (Å²) >= 11 is 0. The van der Waals surface area contributed by atoms with Gasteiger partial charge in [0.25, 0.3) is 5.91 Å². The number of methoxy groups -OCH3 is 1. The summed E-state index contributed by atoms with van der Waals surface area (Å²) in [5, 5.41) is 0. The van der Waals surface area contributed by atoms with Gasteiger partial charge in [0.05, 0.1) is 13.2 Å². The van der Waals surface area contributed by atoms with Crippen molar-refractivity contribution < 1.29 is 9.53 Å². The average Bonchev–Trinajstić information content (AvgIpc) is 2.62. The summed E-state index contributed by atoms with van der Waals surface area (Å²) in [6.45, 7) is 0.815. The molecular formula is C19H21NO2. The predicted octanol–water partition coefficient (Wildman–Crippen LogP) is 4.06. The van der Waals surface area contributed by atoms with Gasteiger partial charge in [-0.2, -0.15) is 0 Å². The summed E-state index contributed by atoms with van der Waals surface area (Å²) in [4.78, 5) is 14.8. The largest absolute Gasteiger partial charge is 0.497 e. The average molecular weight is 295 g/mol. The molecule has 0 spiro atoms. The number of carbonyl (C=O) groups excluding carboxylic acids is 1. The lowest BCUT2D eigenvalue weighted by atomic mass is 9.94. The van der Waals surface area contributed by atoms with Crippen LogP contribution in [0.5, 0.6) is 5.75 Å². The Balaban J connectivity index is 1.89. The second kappa shape index (κ2) is 6.65. The number of carbonyl (C=O) groups is 1. The van der Waals surface area contributed by atoms with Crippen LogP contribution >= 0.6 is 0 Å². The molecule has 0 unspecified atom stereocenters. The highest BCUT2D eigenvalue weighted by Gasteiger charge is 2.28. The van der Waals surface area contributed by atoms with Crippen molar-refractivity contribution in [2.24, 2.45) is 0 Å². The Hall–Kier alpha value is -2.29. The molecule has 0 radical (unpaired) electrons. The lowest BCUT2D eigenvalue weighted by molar-refractivity contribution is 0.0611. The van der Waals surface area contributed by atoms with Crippen molar-refractivity contribution in [2.75, 3.05) is 13.7 Å². The highest BCUT2D eigenvalue weighted by molar-refractivity contribution is 5.94. The van der Waals surface area contributed by atoms with Gasteiger partial charge in [-0.1, -0.05) is 30.3 Å². The molecule has 0 N–H and O–H groups in total. The molecule has 3 heteroatoms. The Morgan fingerprint density at radius 2 is 1.91 bits per heavy atom. The van der Waals surface area contributed by atoms with Gasteiger partial charge in [-0.3, -0.25) is 4.79 Å². The summed E-state index contributed by atoms with van der Waals surface area (Å²) in [5.74, 6) is 0.961. The molecular weight excluding hydrogens is 274 g/mol. The van der Waals surface area contributed by atoms with E-state index in [1.807, 2.05) is 53.4 Å². The number of likely N-dealkylation sites (tertiary alicyclic amines) is 1. The molecule has 22 heavy (non-hydrogen) atoms. The SMILES string of the molecule is COc1cccc([C@@H]2CCCCN2C(=O)c2ccccc2)c1. The molecule has 1 amide bonds. The number of nitrogens with zero attached hydrogens (tertiary/aromatic N) is 1. The summed E-state index contributed by atoms with van der Waals surface area (Å²) in [7, 11) is 1.67. The lowest BCUT2D eigenvalue weighted by Crippen LogP contribution is -2.38. The van der Waals surface area contributed by atoms with Crippen molar-refractivity contribution in [1.29, 1.82) is 0 Å². The smallest absolute Gasteiger partial charge is 0.254 e. The molecule has 1 atom stereocenters. The number of piperidine rings is 1. The lowest BCUT2D eigenvalue weighted by Gasteiger charge is -2.36. The van der Waals surface area contributed by atoms with E-state index in [0.717, 1.165) is 42.7 Å². The second-order valence-corrected chi connectivity index (χ2v) is 5.65. The maximum Gasteiger partial charge on any atom is 0.254 e. The molecule has 3 rings (SSSR count). The van der Waals surface area contributed by atoms with Crippen LogP contribution in [-0.4, -0.2) is 24.5 Å². The predicted molar refractivity (Wildman–Crippen MR) is 87.1 cm³/mol. The monoisotopic (exact) mass is 295 g/mol. The van der Waals surface area contributed by atoms with Crippen LogP contribution in [0.3, 0.4) is 0 Å². The van der Waals surface area contributed by atoms with E-state index < -0.39 is 0 Å². The molecule has 1 aliphatic heterocycles. The van der Waals surface area contributed by atoms with E-state index in [1.165, 1.54) is 0 Å². The zero-order valence-corrected chi connectivity index (χ0v) is 12.9. The van der Waals surface area contributed by atoms with Crippen molar-refractivity contribution >= 4 is 5.91 Å². The Morgan fingerprint density at radius 1 is 1.09 bits per heavy atom. The van der Waals surface area contributed by atoms with Gasteiger partial charge in [0.15, 0.2) is 0 Å². The first-order valence-electron chi connectivity index (χ1n) is 7.79. The summed E-state index contributed by atoms with van der Waals surface area (Å²) in [6, 6.07) is 17.7. The van der Waals surface area contributed by atoms with Crippen LogP contribution in [0.1, 0.15) is 41.2 Å². The molecule has 2 aromatic carbocycles. The minimum Gasteiger partial charge on any atom is -0.497 e. The maximum absolute atomic E-state index is 12.8. The molecule has 0 saturated carbocycles. The number of benzene rings is 2. The molecule has 0 bridgehead atoms. The normalized spacial score (nSPS) is 18.0. The van der Waals surface area contributed by atoms with Crippen molar-refractivity contribution in [2.45, 2.75) is 25.3 Å². The molecule has 0 aliphatic carbocycles. The molecule has 3 nitrogen and oxygen atoms in total. The van der Waals surface area contributed by atoms with E-state index in [9.17, 15) is 4.79 Å². The molecule has 1 saturated heterocycles. The highest BCUT2D eigenvalue weighted by Crippen LogP contribution is 2.33. The van der Waals surface area contributed by atoms with Crippen LogP contribution in [0.15, 0.2) is 54.6 Å². The maximum atomic E-state index is 12.8. The van der Waals surface area contributed by atoms with Crippen molar-refractivity contribution in [3.63, 3.8) is 0 Å². The minimum absolute atomic E-state index is 0.119. The number of hydrogen-bond acceptors (Lipinski definition) is 2. The van der Waals surface area contributed by atoms with Crippen LogP contribution < -0.4 is 4.74 Å². The third kappa shape index (κ3) is 2.98. The summed E-state index contributed by atoms with van der Waals surface area (Å²) in [6.07, 6.45) is 3.23. The van der Waals surface area contributed by atoms with Gasteiger partial charge in [0, 0.05) is 12.1 Å². The zero-order valence-electron chi connectivity index (χ0n) is 12.9. The second-order valence-electron chi connectivity index (χ2n) is 5.65. The molecule has 2 aromatic rings. The van der Waals surface area contributed by atoms with Gasteiger partial charge in [-0.25, -0.2) is 0 Å². The third-order valence-corrected chi connectivity index (χ3v) is 4.26. The Labute approximate surface area is 131 Å². The van der Waals surface area contributed by atoms with E-state index in [-0.39, 0.29) is 11.9 Å². The third-order valence-electron chi connectivity index (χ3n) is 4.26. The highest BCUT2D eigenvalue weighted by atomic mass is 16.5. The topological polar surface area (TPSA) is 29.5 Å². The first kappa shape index (κ1) is 14.6. The number of ether oxygens (including phenoxy) is 1. The van der Waals surface area contributed by atoms with Crippen LogP contribution in [-0.2, 0) is 0 Å². The first-order valence-corrected chi connectivity index (χ1v) is 7.79. The van der Waals surface area contributed by atoms with Crippen molar-refractivity contribution in [3.8, 4) is 5.75 Å². The van der Waals surface area contributed by atoms with Crippen LogP contribution in [0, 0.1) is 0 Å². The first-order chi connectivity index (χ1) is 10.8. The van der Waals surface area contributed by atoms with Gasteiger partial charge in [0.1, 0.15) is 5.75 Å². The van der Waals surface area contributed by atoms with E-state index in [0.29, 0.717) is 0 Å². The minimum atomic E-state index is 0.119. The zero-order chi connectivity index (χ0) is 15.4. The summed E-state index contributed by atoms with van der Waals surface area (Å²) < 4.78 is 5.32. The van der Waals surface area contributed by atoms with Gasteiger partial charge < -0.3 is 9.64 Å². The molecule has 1 fully saturated rings.